The van der Waals surface area contributed by atoms with Crippen molar-refractivity contribution in [3.63, 3.8) is 0 Å². The Kier molecular flexibility index (Phi) is 4.02. The summed E-state index contributed by atoms with van der Waals surface area (Å²) in [5.41, 5.74) is 0.0173. The molecule has 1 rings (SSSR count). The van der Waals surface area contributed by atoms with Crippen molar-refractivity contribution < 1.29 is 19.1 Å². The molecule has 84 valence electrons. The number of carboxylic acid groups (broad SMARTS) is 1. The summed E-state index contributed by atoms with van der Waals surface area (Å²) in [6, 6.07) is 4.91. The maximum Gasteiger partial charge on any atom is 0.329 e. The summed E-state index contributed by atoms with van der Waals surface area (Å²) in [6.45, 7) is 0. The number of carbonyl (C=O) groups excluding carboxylic acids is 1. The molecule has 0 heterocycles. The zero-order valence-corrected chi connectivity index (χ0v) is 8.11. The number of urea groups is 1. The van der Waals surface area contributed by atoms with Gasteiger partial charge in [0.25, 0.3) is 0 Å². The van der Waals surface area contributed by atoms with Crippen molar-refractivity contribution in [1.29, 1.82) is 0 Å². The van der Waals surface area contributed by atoms with Gasteiger partial charge in [-0.15, -0.1) is 0 Å². The van der Waals surface area contributed by atoms with Crippen LogP contribution in [0.2, 0.25) is 0 Å². The first-order chi connectivity index (χ1) is 7.59. The minimum absolute atomic E-state index is 0.0173. The van der Waals surface area contributed by atoms with Crippen LogP contribution in [0.5, 0.6) is 0 Å². The lowest BCUT2D eigenvalue weighted by Crippen LogP contribution is -2.24. The summed E-state index contributed by atoms with van der Waals surface area (Å²) in [7, 11) is 0. The Morgan fingerprint density at radius 1 is 1.31 bits per heavy atom. The Balaban J connectivity index is 2.52. The highest BCUT2D eigenvalue weighted by molar-refractivity contribution is 5.90. The SMILES string of the molecule is O=C(O)/C=C/NC(=O)Nc1ccccc1F. The minimum Gasteiger partial charge on any atom is -0.478 e. The maximum atomic E-state index is 13.0. The second-order valence-electron chi connectivity index (χ2n) is 2.75. The number of carbonyl (C=O) groups is 2. The highest BCUT2D eigenvalue weighted by Crippen LogP contribution is 2.11. The van der Waals surface area contributed by atoms with Crippen molar-refractivity contribution in [2.45, 2.75) is 0 Å². The van der Waals surface area contributed by atoms with E-state index in [2.05, 4.69) is 10.6 Å². The van der Waals surface area contributed by atoms with Gasteiger partial charge in [0, 0.05) is 12.3 Å². The Bertz CT molecular complexity index is 432. The highest BCUT2D eigenvalue weighted by atomic mass is 19.1. The van der Waals surface area contributed by atoms with E-state index in [0.717, 1.165) is 12.3 Å². The van der Waals surface area contributed by atoms with Crippen molar-refractivity contribution in [3.8, 4) is 0 Å². The zero-order valence-electron chi connectivity index (χ0n) is 8.11. The number of hydrogen-bond acceptors (Lipinski definition) is 2. The number of amides is 2. The van der Waals surface area contributed by atoms with Crippen LogP contribution in [0.15, 0.2) is 36.5 Å². The van der Waals surface area contributed by atoms with Crippen molar-refractivity contribution in [2.75, 3.05) is 5.32 Å². The van der Waals surface area contributed by atoms with Gasteiger partial charge in [0.1, 0.15) is 5.82 Å². The van der Waals surface area contributed by atoms with Crippen LogP contribution in [0.3, 0.4) is 0 Å². The van der Waals surface area contributed by atoms with Gasteiger partial charge in [0.15, 0.2) is 0 Å². The number of benzene rings is 1. The Morgan fingerprint density at radius 2 is 2.00 bits per heavy atom. The third-order valence-corrected chi connectivity index (χ3v) is 1.56. The largest absolute Gasteiger partial charge is 0.478 e. The number of nitrogens with one attached hydrogen (secondary N) is 2. The van der Waals surface area contributed by atoms with Crippen molar-refractivity contribution in [2.24, 2.45) is 0 Å². The maximum absolute atomic E-state index is 13.0. The average molecular weight is 224 g/mol. The molecule has 0 aromatic heterocycles. The third-order valence-electron chi connectivity index (χ3n) is 1.56. The Labute approximate surface area is 90.6 Å². The van der Waals surface area contributed by atoms with E-state index in [-0.39, 0.29) is 5.69 Å². The smallest absolute Gasteiger partial charge is 0.329 e. The normalized spacial score (nSPS) is 10.1. The predicted octanol–water partition coefficient (Wildman–Crippen LogP) is 1.55. The van der Waals surface area contributed by atoms with Crippen LogP contribution >= 0.6 is 0 Å². The first kappa shape index (κ1) is 11.7. The minimum atomic E-state index is -1.19. The molecule has 0 bridgehead atoms. The predicted molar refractivity (Wildman–Crippen MR) is 55.3 cm³/mol. The Morgan fingerprint density at radius 3 is 2.62 bits per heavy atom. The molecule has 1 aromatic carbocycles. The molecule has 0 aliphatic carbocycles. The molecule has 0 spiro atoms. The van der Waals surface area contributed by atoms with Crippen molar-refractivity contribution in [3.05, 3.63) is 42.4 Å². The van der Waals surface area contributed by atoms with E-state index in [0.29, 0.717) is 0 Å². The topological polar surface area (TPSA) is 78.4 Å². The van der Waals surface area contributed by atoms with Crippen LogP contribution < -0.4 is 10.6 Å². The first-order valence-electron chi connectivity index (χ1n) is 4.31. The zero-order chi connectivity index (χ0) is 12.0. The summed E-state index contributed by atoms with van der Waals surface area (Å²) >= 11 is 0. The number of para-hydroxylation sites is 1. The van der Waals surface area contributed by atoms with E-state index in [1.165, 1.54) is 18.2 Å². The van der Waals surface area contributed by atoms with Gasteiger partial charge in [-0.25, -0.2) is 14.0 Å². The standard InChI is InChI=1S/C10H9FN2O3/c11-7-3-1-2-4-8(7)13-10(16)12-6-5-9(14)15/h1-6H,(H,14,15)(H2,12,13,16)/b6-5+. The fourth-order valence-corrected chi connectivity index (χ4v) is 0.910. The molecule has 6 heteroatoms. The van der Waals surface area contributed by atoms with E-state index in [1.807, 2.05) is 0 Å². The molecule has 3 N–H and O–H groups in total. The number of rotatable bonds is 3. The number of halogens is 1. The van der Waals surface area contributed by atoms with Gasteiger partial charge in [0.05, 0.1) is 5.69 Å². The summed E-state index contributed by atoms with van der Waals surface area (Å²) in [6.07, 6.45) is 1.69. The molecule has 0 unspecified atom stereocenters. The number of carboxylic acids is 1. The van der Waals surface area contributed by atoms with Crippen LogP contribution in [0, 0.1) is 5.82 Å². The average Bonchev–Trinajstić information content (AvgIpc) is 2.21. The number of hydrogen-bond donors (Lipinski definition) is 3. The van der Waals surface area contributed by atoms with Gasteiger partial charge in [-0.2, -0.15) is 0 Å². The molecule has 1 aromatic rings. The van der Waals surface area contributed by atoms with Crippen molar-refractivity contribution >= 4 is 17.7 Å². The molecule has 0 aliphatic rings. The monoisotopic (exact) mass is 224 g/mol. The molecule has 0 saturated carbocycles. The third kappa shape index (κ3) is 3.79. The van der Waals surface area contributed by atoms with Gasteiger partial charge in [-0.3, -0.25) is 0 Å². The summed E-state index contributed by atoms with van der Waals surface area (Å²) < 4.78 is 13.0. The molecule has 5 nitrogen and oxygen atoms in total. The fourth-order valence-electron chi connectivity index (χ4n) is 0.910. The number of anilines is 1. The Hall–Kier alpha value is -2.37. The van der Waals surface area contributed by atoms with Crippen LogP contribution in [0.25, 0.3) is 0 Å². The second-order valence-corrected chi connectivity index (χ2v) is 2.75. The van der Waals surface area contributed by atoms with Crippen LogP contribution in [0.4, 0.5) is 14.9 Å². The van der Waals surface area contributed by atoms with E-state index in [9.17, 15) is 14.0 Å². The van der Waals surface area contributed by atoms with Gasteiger partial charge >= 0.3 is 12.0 Å². The van der Waals surface area contributed by atoms with E-state index in [4.69, 9.17) is 5.11 Å². The van der Waals surface area contributed by atoms with Gasteiger partial charge in [-0.05, 0) is 12.1 Å². The summed E-state index contributed by atoms with van der Waals surface area (Å²) in [4.78, 5) is 21.2. The molecule has 2 amide bonds. The first-order valence-corrected chi connectivity index (χ1v) is 4.31. The number of aliphatic carboxylic acids is 1. The molecule has 0 atom stereocenters. The van der Waals surface area contributed by atoms with Gasteiger partial charge < -0.3 is 15.7 Å². The second kappa shape index (κ2) is 5.50. The van der Waals surface area contributed by atoms with Crippen LogP contribution in [-0.4, -0.2) is 17.1 Å². The summed E-state index contributed by atoms with van der Waals surface area (Å²) in [5, 5.41) is 12.6. The summed E-state index contributed by atoms with van der Waals surface area (Å²) in [5.74, 6) is -1.76. The molecule has 0 aliphatic heterocycles. The van der Waals surface area contributed by atoms with Crippen LogP contribution in [0.1, 0.15) is 0 Å². The molecular weight excluding hydrogens is 215 g/mol. The van der Waals surface area contributed by atoms with E-state index in [1.54, 1.807) is 6.07 Å². The van der Waals surface area contributed by atoms with Crippen LogP contribution in [-0.2, 0) is 4.79 Å². The quantitative estimate of drug-likeness (QED) is 0.681. The lowest BCUT2D eigenvalue weighted by Gasteiger charge is -2.04. The van der Waals surface area contributed by atoms with Gasteiger partial charge in [-0.1, -0.05) is 12.1 Å². The lowest BCUT2D eigenvalue weighted by molar-refractivity contribution is -0.131. The lowest BCUT2D eigenvalue weighted by atomic mass is 10.3. The molecule has 0 radical (unpaired) electrons. The highest BCUT2D eigenvalue weighted by Gasteiger charge is 2.03. The fraction of sp³-hybridized carbons (Fsp3) is 0. The van der Waals surface area contributed by atoms with E-state index >= 15 is 0 Å². The van der Waals surface area contributed by atoms with E-state index < -0.39 is 17.8 Å². The van der Waals surface area contributed by atoms with Gasteiger partial charge in [0.2, 0.25) is 0 Å². The molecule has 0 fully saturated rings. The molecule has 16 heavy (non-hydrogen) atoms. The van der Waals surface area contributed by atoms with Crippen molar-refractivity contribution in [1.82, 2.24) is 5.32 Å². The molecular formula is C10H9FN2O3. The molecule has 0 saturated heterocycles.